The normalized spacial score (nSPS) is 19.1. The monoisotopic (exact) mass is 534 g/mol. The molecule has 0 bridgehead atoms. The molecule has 5 N–H and O–H groups in total. The molecule has 1 saturated heterocycles. The second-order valence-corrected chi connectivity index (χ2v) is 8.62. The van der Waals surface area contributed by atoms with Gasteiger partial charge in [0.1, 0.15) is 18.1 Å². The van der Waals surface area contributed by atoms with E-state index in [1.54, 1.807) is 0 Å². The molecule has 4 amide bonds. The summed E-state index contributed by atoms with van der Waals surface area (Å²) < 4.78 is 0.997. The first kappa shape index (κ1) is 22.7. The van der Waals surface area contributed by atoms with Gasteiger partial charge in [-0.15, -0.1) is 0 Å². The minimum atomic E-state index is -1.01. The zero-order chi connectivity index (χ0) is 22.4. The van der Waals surface area contributed by atoms with Crippen LogP contribution in [0.4, 0.5) is 0 Å². The van der Waals surface area contributed by atoms with Crippen molar-refractivity contribution in [3.63, 3.8) is 0 Å². The molecule has 9 heteroatoms. The van der Waals surface area contributed by atoms with Crippen molar-refractivity contribution in [3.8, 4) is 0 Å². The number of carbonyl (C=O) groups excluding carboxylic acids is 4. The number of hydrogen-bond donors (Lipinski definition) is 4. The van der Waals surface area contributed by atoms with Crippen molar-refractivity contribution in [2.45, 2.75) is 37.4 Å². The van der Waals surface area contributed by atoms with Crippen LogP contribution < -0.4 is 21.7 Å². The lowest BCUT2D eigenvalue weighted by atomic mass is 10.0. The van der Waals surface area contributed by atoms with Gasteiger partial charge in [-0.1, -0.05) is 42.5 Å². The van der Waals surface area contributed by atoms with Gasteiger partial charge in [-0.05, 0) is 45.9 Å². The summed E-state index contributed by atoms with van der Waals surface area (Å²) in [6.07, 6.45) is 0.309. The van der Waals surface area contributed by atoms with Gasteiger partial charge in [0.05, 0.1) is 6.42 Å². The van der Waals surface area contributed by atoms with Crippen molar-refractivity contribution >= 4 is 46.2 Å². The van der Waals surface area contributed by atoms with E-state index in [4.69, 9.17) is 5.73 Å². The van der Waals surface area contributed by atoms with Gasteiger partial charge in [-0.2, -0.15) is 0 Å². The highest BCUT2D eigenvalue weighted by molar-refractivity contribution is 14.1. The van der Waals surface area contributed by atoms with E-state index in [2.05, 4.69) is 38.5 Å². The molecule has 0 spiro atoms. The summed E-state index contributed by atoms with van der Waals surface area (Å²) in [5.74, 6) is -2.01. The Morgan fingerprint density at radius 3 is 2.29 bits per heavy atom. The first-order valence-corrected chi connectivity index (χ1v) is 10.9. The van der Waals surface area contributed by atoms with Crippen LogP contribution >= 0.6 is 22.6 Å². The number of primary amides is 1. The lowest BCUT2D eigenvalue weighted by Gasteiger charge is -2.29. The van der Waals surface area contributed by atoms with E-state index in [1.165, 1.54) is 0 Å². The SMILES string of the molecule is NC(=O)[C@H](Cc1cccc(I)c1)NC(=O)C[C@@H]1NC(=O)[C@H](Cc2ccccc2)NC1=O. The molecule has 1 aliphatic rings. The number of nitrogens with two attached hydrogens (primary N) is 1. The number of nitrogens with one attached hydrogen (secondary N) is 3. The summed E-state index contributed by atoms with van der Waals surface area (Å²) in [6, 6.07) is 14.2. The van der Waals surface area contributed by atoms with Crippen LogP contribution in [0.1, 0.15) is 17.5 Å². The second-order valence-electron chi connectivity index (χ2n) is 7.37. The summed E-state index contributed by atoms with van der Waals surface area (Å²) in [7, 11) is 0. The molecular weight excluding hydrogens is 511 g/mol. The molecule has 0 aliphatic carbocycles. The molecule has 0 aromatic heterocycles. The molecule has 2 aromatic rings. The van der Waals surface area contributed by atoms with Crippen LogP contribution in [0.25, 0.3) is 0 Å². The van der Waals surface area contributed by atoms with Crippen molar-refractivity contribution in [3.05, 3.63) is 69.3 Å². The third-order valence-corrected chi connectivity index (χ3v) is 5.62. The molecule has 3 atom stereocenters. The van der Waals surface area contributed by atoms with Crippen LogP contribution in [0.2, 0.25) is 0 Å². The molecule has 8 nitrogen and oxygen atoms in total. The number of rotatable bonds is 8. The number of halogens is 1. The Bertz CT molecular complexity index is 982. The molecule has 162 valence electrons. The quantitative estimate of drug-likeness (QED) is 0.366. The van der Waals surface area contributed by atoms with Crippen molar-refractivity contribution in [2.75, 3.05) is 0 Å². The van der Waals surface area contributed by atoms with Gasteiger partial charge >= 0.3 is 0 Å². The predicted molar refractivity (Wildman–Crippen MR) is 123 cm³/mol. The maximum absolute atomic E-state index is 12.5. The van der Waals surface area contributed by atoms with Gasteiger partial charge in [-0.25, -0.2) is 0 Å². The first-order valence-electron chi connectivity index (χ1n) is 9.79. The van der Waals surface area contributed by atoms with Crippen LogP contribution in [-0.2, 0) is 32.0 Å². The van der Waals surface area contributed by atoms with Crippen LogP contribution in [0.15, 0.2) is 54.6 Å². The fraction of sp³-hybridized carbons (Fsp3) is 0.273. The summed E-state index contributed by atoms with van der Waals surface area (Å²) in [6.45, 7) is 0. The zero-order valence-corrected chi connectivity index (χ0v) is 18.8. The Morgan fingerprint density at radius 2 is 1.61 bits per heavy atom. The summed E-state index contributed by atoms with van der Waals surface area (Å²) in [5, 5.41) is 7.84. The fourth-order valence-electron chi connectivity index (χ4n) is 3.37. The summed E-state index contributed by atoms with van der Waals surface area (Å²) in [5.41, 5.74) is 7.21. The van der Waals surface area contributed by atoms with E-state index >= 15 is 0 Å². The third-order valence-electron chi connectivity index (χ3n) is 4.95. The highest BCUT2D eigenvalue weighted by atomic mass is 127. The molecular formula is C22H23IN4O4. The average Bonchev–Trinajstić information content (AvgIpc) is 2.72. The lowest BCUT2D eigenvalue weighted by Crippen LogP contribution is -2.63. The minimum Gasteiger partial charge on any atom is -0.368 e. The van der Waals surface area contributed by atoms with E-state index in [9.17, 15) is 19.2 Å². The van der Waals surface area contributed by atoms with Crippen LogP contribution in [0, 0.1) is 3.57 Å². The Morgan fingerprint density at radius 1 is 0.968 bits per heavy atom. The molecule has 1 aliphatic heterocycles. The number of benzene rings is 2. The van der Waals surface area contributed by atoms with Crippen LogP contribution in [0.3, 0.4) is 0 Å². The van der Waals surface area contributed by atoms with Crippen molar-refractivity contribution in [2.24, 2.45) is 5.73 Å². The van der Waals surface area contributed by atoms with Crippen LogP contribution in [-0.4, -0.2) is 41.8 Å². The first-order chi connectivity index (χ1) is 14.8. The number of amides is 4. The standard InChI is InChI=1S/C22H23IN4O4/c23-15-8-4-7-14(9-15)11-16(20(24)29)25-19(28)12-18-22(31)26-17(21(30)27-18)10-13-5-2-1-3-6-13/h1-9,16-18H,10-12H2,(H2,24,29)(H,25,28)(H,26,31)(H,27,30)/t16-,17-,18-/m0/s1. The smallest absolute Gasteiger partial charge is 0.243 e. The van der Waals surface area contributed by atoms with E-state index in [-0.39, 0.29) is 18.7 Å². The van der Waals surface area contributed by atoms with E-state index in [0.29, 0.717) is 6.42 Å². The Hall–Kier alpha value is -2.95. The average molecular weight is 534 g/mol. The molecule has 0 unspecified atom stereocenters. The van der Waals surface area contributed by atoms with E-state index in [0.717, 1.165) is 14.7 Å². The molecule has 2 aromatic carbocycles. The molecule has 0 saturated carbocycles. The number of piperazine rings is 1. The van der Waals surface area contributed by atoms with Gasteiger partial charge in [0.2, 0.25) is 23.6 Å². The van der Waals surface area contributed by atoms with E-state index in [1.807, 2.05) is 54.6 Å². The fourth-order valence-corrected chi connectivity index (χ4v) is 3.98. The van der Waals surface area contributed by atoms with Gasteiger partial charge < -0.3 is 21.7 Å². The molecule has 3 rings (SSSR count). The van der Waals surface area contributed by atoms with Crippen molar-refractivity contribution < 1.29 is 19.2 Å². The molecule has 31 heavy (non-hydrogen) atoms. The topological polar surface area (TPSA) is 130 Å². The van der Waals surface area contributed by atoms with Gasteiger partial charge in [-0.3, -0.25) is 19.2 Å². The minimum absolute atomic E-state index is 0.236. The lowest BCUT2D eigenvalue weighted by molar-refractivity contribution is -0.138. The Balaban J connectivity index is 1.56. The largest absolute Gasteiger partial charge is 0.368 e. The molecule has 1 heterocycles. The maximum Gasteiger partial charge on any atom is 0.243 e. The van der Waals surface area contributed by atoms with Gasteiger partial charge in [0, 0.05) is 16.4 Å². The maximum atomic E-state index is 12.5. The number of hydrogen-bond acceptors (Lipinski definition) is 4. The Kier molecular flexibility index (Phi) is 7.61. The highest BCUT2D eigenvalue weighted by Crippen LogP contribution is 2.11. The second kappa shape index (κ2) is 10.4. The van der Waals surface area contributed by atoms with Gasteiger partial charge in [0.15, 0.2) is 0 Å². The van der Waals surface area contributed by atoms with Crippen molar-refractivity contribution in [1.82, 2.24) is 16.0 Å². The van der Waals surface area contributed by atoms with Crippen LogP contribution in [0.5, 0.6) is 0 Å². The molecule has 0 radical (unpaired) electrons. The van der Waals surface area contributed by atoms with Gasteiger partial charge in [0.25, 0.3) is 0 Å². The number of carbonyl (C=O) groups is 4. The summed E-state index contributed by atoms with van der Waals surface area (Å²) in [4.78, 5) is 49.1. The summed E-state index contributed by atoms with van der Waals surface area (Å²) >= 11 is 2.16. The Labute approximate surface area is 193 Å². The third kappa shape index (κ3) is 6.51. The zero-order valence-electron chi connectivity index (χ0n) is 16.6. The predicted octanol–water partition coefficient (Wildman–Crippen LogP) is 0.420. The molecule has 1 fully saturated rings. The highest BCUT2D eigenvalue weighted by Gasteiger charge is 2.35. The van der Waals surface area contributed by atoms with E-state index < -0.39 is 35.8 Å². The van der Waals surface area contributed by atoms with Crippen molar-refractivity contribution in [1.29, 1.82) is 0 Å².